The summed E-state index contributed by atoms with van der Waals surface area (Å²) in [6.45, 7) is 1.94. The van der Waals surface area contributed by atoms with Crippen molar-refractivity contribution in [2.75, 3.05) is 0 Å². The quantitative estimate of drug-likeness (QED) is 0.632. The maximum absolute atomic E-state index is 8.28. The molecule has 3 nitrogen and oxygen atoms in total. The fraction of sp³-hybridized carbons (Fsp3) is 0.375. The predicted molar refractivity (Wildman–Crippen MR) is 40.7 cm³/mol. The molecule has 0 unspecified atom stereocenters. The lowest BCUT2D eigenvalue weighted by atomic mass is 10.3. The molecule has 0 atom stereocenters. The third-order valence-electron chi connectivity index (χ3n) is 1.29. The van der Waals surface area contributed by atoms with E-state index in [-0.39, 0.29) is 0 Å². The minimum absolute atomic E-state index is 0.489. The molecule has 1 heterocycles. The molecule has 0 saturated heterocycles. The van der Waals surface area contributed by atoms with Gasteiger partial charge in [0.05, 0.1) is 6.07 Å². The SMILES string of the molecule is Cc1cnc(CCC#N)nc1. The number of aromatic nitrogens is 2. The van der Waals surface area contributed by atoms with Gasteiger partial charge in [0.1, 0.15) is 5.82 Å². The monoisotopic (exact) mass is 147 g/mol. The second kappa shape index (κ2) is 3.67. The Balaban J connectivity index is 2.60. The van der Waals surface area contributed by atoms with Crippen molar-refractivity contribution in [1.82, 2.24) is 9.97 Å². The van der Waals surface area contributed by atoms with Crippen LogP contribution in [-0.2, 0) is 6.42 Å². The van der Waals surface area contributed by atoms with Gasteiger partial charge in [0, 0.05) is 25.2 Å². The van der Waals surface area contributed by atoms with Crippen molar-refractivity contribution in [1.29, 1.82) is 5.26 Å². The van der Waals surface area contributed by atoms with E-state index in [2.05, 4.69) is 16.0 Å². The average Bonchev–Trinajstić information content (AvgIpc) is 2.04. The third kappa shape index (κ3) is 2.34. The van der Waals surface area contributed by atoms with Crippen LogP contribution in [0.15, 0.2) is 12.4 Å². The van der Waals surface area contributed by atoms with Gasteiger partial charge in [-0.1, -0.05) is 0 Å². The van der Waals surface area contributed by atoms with E-state index in [0.717, 1.165) is 11.4 Å². The Morgan fingerprint density at radius 3 is 2.64 bits per heavy atom. The maximum Gasteiger partial charge on any atom is 0.129 e. The van der Waals surface area contributed by atoms with E-state index < -0.39 is 0 Å². The first-order valence-corrected chi connectivity index (χ1v) is 3.47. The highest BCUT2D eigenvalue weighted by molar-refractivity contribution is 5.02. The summed E-state index contributed by atoms with van der Waals surface area (Å²) in [7, 11) is 0. The molecule has 0 aromatic carbocycles. The van der Waals surface area contributed by atoms with E-state index in [0.29, 0.717) is 12.8 Å². The van der Waals surface area contributed by atoms with Crippen molar-refractivity contribution in [2.45, 2.75) is 19.8 Å². The predicted octanol–water partition coefficient (Wildman–Crippen LogP) is 1.24. The highest BCUT2D eigenvalue weighted by atomic mass is 14.9. The highest BCUT2D eigenvalue weighted by Crippen LogP contribution is 1.95. The van der Waals surface area contributed by atoms with Crippen LogP contribution in [0.25, 0.3) is 0 Å². The van der Waals surface area contributed by atoms with Crippen LogP contribution in [0.3, 0.4) is 0 Å². The summed E-state index contributed by atoms with van der Waals surface area (Å²) >= 11 is 0. The van der Waals surface area contributed by atoms with Gasteiger partial charge in [0.15, 0.2) is 0 Å². The summed E-state index contributed by atoms with van der Waals surface area (Å²) in [4.78, 5) is 8.11. The summed E-state index contributed by atoms with van der Waals surface area (Å²) in [6.07, 6.45) is 4.67. The molecule has 0 spiro atoms. The molecule has 3 heteroatoms. The molecule has 0 aliphatic heterocycles. The Labute approximate surface area is 65.7 Å². The van der Waals surface area contributed by atoms with E-state index >= 15 is 0 Å². The molecule has 0 fully saturated rings. The molecular weight excluding hydrogens is 138 g/mol. The number of rotatable bonds is 2. The van der Waals surface area contributed by atoms with Crippen molar-refractivity contribution in [3.8, 4) is 6.07 Å². The average molecular weight is 147 g/mol. The molecule has 56 valence electrons. The van der Waals surface area contributed by atoms with Crippen molar-refractivity contribution < 1.29 is 0 Å². The highest BCUT2D eigenvalue weighted by Gasteiger charge is 1.93. The van der Waals surface area contributed by atoms with Crippen LogP contribution in [0.4, 0.5) is 0 Å². The smallest absolute Gasteiger partial charge is 0.129 e. The second-order valence-electron chi connectivity index (χ2n) is 2.33. The van der Waals surface area contributed by atoms with Gasteiger partial charge in [-0.2, -0.15) is 5.26 Å². The molecule has 0 bridgehead atoms. The van der Waals surface area contributed by atoms with Crippen LogP contribution in [0.1, 0.15) is 17.8 Å². The van der Waals surface area contributed by atoms with E-state index in [9.17, 15) is 0 Å². The Morgan fingerprint density at radius 2 is 2.09 bits per heavy atom. The summed E-state index contributed by atoms with van der Waals surface area (Å²) < 4.78 is 0. The molecule has 0 aliphatic rings. The van der Waals surface area contributed by atoms with Crippen LogP contribution >= 0.6 is 0 Å². The zero-order valence-corrected chi connectivity index (χ0v) is 6.41. The zero-order valence-electron chi connectivity index (χ0n) is 6.41. The van der Waals surface area contributed by atoms with Gasteiger partial charge in [0.2, 0.25) is 0 Å². The first-order chi connectivity index (χ1) is 5.33. The number of hydrogen-bond acceptors (Lipinski definition) is 3. The van der Waals surface area contributed by atoms with Gasteiger partial charge in [-0.25, -0.2) is 9.97 Å². The minimum atomic E-state index is 0.489. The molecule has 0 aliphatic carbocycles. The van der Waals surface area contributed by atoms with E-state index in [1.54, 1.807) is 12.4 Å². The summed E-state index contributed by atoms with van der Waals surface area (Å²) in [5.41, 5.74) is 1.05. The van der Waals surface area contributed by atoms with E-state index in [1.165, 1.54) is 0 Å². The molecule has 0 amide bonds. The number of aryl methyl sites for hydroxylation is 2. The standard InChI is InChI=1S/C8H9N3/c1-7-5-10-8(11-6-7)3-2-4-9/h5-6H,2-3H2,1H3. The first-order valence-electron chi connectivity index (χ1n) is 3.47. The van der Waals surface area contributed by atoms with E-state index in [4.69, 9.17) is 5.26 Å². The van der Waals surface area contributed by atoms with E-state index in [1.807, 2.05) is 6.92 Å². The summed E-state index contributed by atoms with van der Waals surface area (Å²) in [6, 6.07) is 2.05. The van der Waals surface area contributed by atoms with Crippen molar-refractivity contribution in [3.63, 3.8) is 0 Å². The largest absolute Gasteiger partial charge is 0.241 e. The van der Waals surface area contributed by atoms with Crippen LogP contribution in [0.5, 0.6) is 0 Å². The lowest BCUT2D eigenvalue weighted by Gasteiger charge is -1.94. The number of nitrogens with zero attached hydrogens (tertiary/aromatic N) is 3. The van der Waals surface area contributed by atoms with Gasteiger partial charge in [0.25, 0.3) is 0 Å². The third-order valence-corrected chi connectivity index (χ3v) is 1.29. The number of nitriles is 1. The maximum atomic E-state index is 8.28. The second-order valence-corrected chi connectivity index (χ2v) is 2.33. The van der Waals surface area contributed by atoms with Crippen molar-refractivity contribution in [2.24, 2.45) is 0 Å². The lowest BCUT2D eigenvalue weighted by Crippen LogP contribution is -1.93. The Hall–Kier alpha value is -1.43. The van der Waals surface area contributed by atoms with Crippen molar-refractivity contribution >= 4 is 0 Å². The van der Waals surface area contributed by atoms with Crippen LogP contribution in [0, 0.1) is 18.3 Å². The zero-order chi connectivity index (χ0) is 8.10. The molecule has 1 rings (SSSR count). The minimum Gasteiger partial charge on any atom is -0.241 e. The fourth-order valence-electron chi connectivity index (χ4n) is 0.716. The van der Waals surface area contributed by atoms with Gasteiger partial charge in [-0.3, -0.25) is 0 Å². The first kappa shape index (κ1) is 7.67. The molecule has 1 aromatic heterocycles. The molecular formula is C8H9N3. The molecule has 11 heavy (non-hydrogen) atoms. The Bertz CT molecular complexity index is 258. The Kier molecular flexibility index (Phi) is 2.56. The fourth-order valence-corrected chi connectivity index (χ4v) is 0.716. The van der Waals surface area contributed by atoms with Gasteiger partial charge in [-0.05, 0) is 12.5 Å². The van der Waals surface area contributed by atoms with Gasteiger partial charge >= 0.3 is 0 Å². The summed E-state index contributed by atoms with van der Waals surface area (Å²) in [5, 5.41) is 8.28. The molecule has 0 saturated carbocycles. The Morgan fingerprint density at radius 1 is 1.45 bits per heavy atom. The van der Waals surface area contributed by atoms with Crippen molar-refractivity contribution in [3.05, 3.63) is 23.8 Å². The van der Waals surface area contributed by atoms with Crippen LogP contribution in [0.2, 0.25) is 0 Å². The summed E-state index contributed by atoms with van der Waals surface area (Å²) in [5.74, 6) is 0.747. The topological polar surface area (TPSA) is 49.6 Å². The molecule has 0 N–H and O–H groups in total. The lowest BCUT2D eigenvalue weighted by molar-refractivity contribution is 0.878. The number of hydrogen-bond donors (Lipinski definition) is 0. The van der Waals surface area contributed by atoms with Gasteiger partial charge in [-0.15, -0.1) is 0 Å². The molecule has 0 radical (unpaired) electrons. The van der Waals surface area contributed by atoms with Crippen LogP contribution in [-0.4, -0.2) is 9.97 Å². The van der Waals surface area contributed by atoms with Crippen LogP contribution < -0.4 is 0 Å². The normalized spacial score (nSPS) is 9.09. The molecule has 1 aromatic rings. The van der Waals surface area contributed by atoms with Gasteiger partial charge < -0.3 is 0 Å².